The van der Waals surface area contributed by atoms with E-state index in [0.717, 1.165) is 0 Å². The number of aromatic nitrogens is 3. The van der Waals surface area contributed by atoms with Gasteiger partial charge in [-0.3, -0.25) is 9.89 Å². The summed E-state index contributed by atoms with van der Waals surface area (Å²) >= 11 is 0. The summed E-state index contributed by atoms with van der Waals surface area (Å²) in [5, 5.41) is 8.86. The Morgan fingerprint density at radius 3 is 2.62 bits per heavy atom. The first-order valence-corrected chi connectivity index (χ1v) is 7.91. The summed E-state index contributed by atoms with van der Waals surface area (Å²) < 4.78 is 25.9. The van der Waals surface area contributed by atoms with Gasteiger partial charge in [-0.25, -0.2) is 8.42 Å². The number of carbonyl (C=O) groups is 1. The van der Waals surface area contributed by atoms with Crippen LogP contribution in [-0.2, 0) is 10.0 Å². The minimum Gasteiger partial charge on any atom is -0.356 e. The Bertz CT molecular complexity index is 701. The number of anilines is 1. The fraction of sp³-hybridized carbons (Fsp3) is 0.333. The molecule has 0 saturated carbocycles. The molecule has 0 spiro atoms. The number of sulfonamides is 1. The molecule has 1 amide bonds. The first-order valence-electron chi connectivity index (χ1n) is 6.47. The van der Waals surface area contributed by atoms with Gasteiger partial charge in [0.1, 0.15) is 10.6 Å². The SMILES string of the molecule is CCN(CC)S(=O)(=O)c1c[nH]c(C(=O)Nc2cn[nH]c2)c1. The van der Waals surface area contributed by atoms with E-state index in [1.807, 2.05) is 0 Å². The summed E-state index contributed by atoms with van der Waals surface area (Å²) in [7, 11) is -3.57. The second-order valence-electron chi connectivity index (χ2n) is 4.28. The average Bonchev–Trinajstić information content (AvgIpc) is 3.10. The second kappa shape index (κ2) is 6.10. The summed E-state index contributed by atoms with van der Waals surface area (Å²) in [6.45, 7) is 4.28. The number of aromatic amines is 2. The number of hydrogen-bond donors (Lipinski definition) is 3. The number of rotatable bonds is 6. The molecule has 0 bridgehead atoms. The number of carbonyl (C=O) groups excluding carboxylic acids is 1. The molecular weight excluding hydrogens is 294 g/mol. The zero-order valence-electron chi connectivity index (χ0n) is 11.8. The normalized spacial score (nSPS) is 11.8. The lowest BCUT2D eigenvalue weighted by Crippen LogP contribution is -2.30. The van der Waals surface area contributed by atoms with E-state index in [0.29, 0.717) is 18.8 Å². The fourth-order valence-corrected chi connectivity index (χ4v) is 3.34. The fourth-order valence-electron chi connectivity index (χ4n) is 1.88. The highest BCUT2D eigenvalue weighted by molar-refractivity contribution is 7.89. The van der Waals surface area contributed by atoms with Crippen LogP contribution in [0.2, 0.25) is 0 Å². The van der Waals surface area contributed by atoms with Crippen molar-refractivity contribution in [2.75, 3.05) is 18.4 Å². The Kier molecular flexibility index (Phi) is 4.43. The van der Waals surface area contributed by atoms with Crippen LogP contribution in [0.25, 0.3) is 0 Å². The van der Waals surface area contributed by atoms with Crippen LogP contribution in [0.5, 0.6) is 0 Å². The van der Waals surface area contributed by atoms with Crippen molar-refractivity contribution < 1.29 is 13.2 Å². The van der Waals surface area contributed by atoms with Crippen LogP contribution < -0.4 is 5.32 Å². The molecule has 3 N–H and O–H groups in total. The van der Waals surface area contributed by atoms with Gasteiger partial charge in [0.15, 0.2) is 0 Å². The number of nitrogens with one attached hydrogen (secondary N) is 3. The maximum Gasteiger partial charge on any atom is 0.272 e. The van der Waals surface area contributed by atoms with Gasteiger partial charge in [0.25, 0.3) is 5.91 Å². The number of amides is 1. The van der Waals surface area contributed by atoms with Crippen LogP contribution >= 0.6 is 0 Å². The topological polar surface area (TPSA) is 111 Å². The van der Waals surface area contributed by atoms with Crippen LogP contribution in [0, 0.1) is 0 Å². The van der Waals surface area contributed by atoms with Gasteiger partial charge < -0.3 is 10.3 Å². The quantitative estimate of drug-likeness (QED) is 0.739. The molecule has 9 heteroatoms. The highest BCUT2D eigenvalue weighted by Crippen LogP contribution is 2.17. The van der Waals surface area contributed by atoms with Crippen molar-refractivity contribution in [3.8, 4) is 0 Å². The molecule has 0 radical (unpaired) electrons. The molecule has 2 heterocycles. The molecule has 0 saturated heterocycles. The van der Waals surface area contributed by atoms with Gasteiger partial charge in [-0.2, -0.15) is 9.40 Å². The highest BCUT2D eigenvalue weighted by atomic mass is 32.2. The monoisotopic (exact) mass is 311 g/mol. The van der Waals surface area contributed by atoms with Gasteiger partial charge in [0.05, 0.1) is 11.9 Å². The summed E-state index contributed by atoms with van der Waals surface area (Å²) in [6, 6.07) is 1.32. The molecule has 0 fully saturated rings. The Balaban J connectivity index is 2.20. The highest BCUT2D eigenvalue weighted by Gasteiger charge is 2.24. The Morgan fingerprint density at radius 1 is 1.33 bits per heavy atom. The lowest BCUT2D eigenvalue weighted by atomic mass is 10.4. The van der Waals surface area contributed by atoms with E-state index in [-0.39, 0.29) is 10.6 Å². The number of nitrogens with zero attached hydrogens (tertiary/aromatic N) is 2. The van der Waals surface area contributed by atoms with Crippen LogP contribution in [0.1, 0.15) is 24.3 Å². The Hall–Kier alpha value is -2.13. The molecule has 0 aliphatic rings. The molecule has 2 rings (SSSR count). The summed E-state index contributed by atoms with van der Waals surface area (Å²) in [5.74, 6) is -0.433. The van der Waals surface area contributed by atoms with Crippen molar-refractivity contribution in [3.63, 3.8) is 0 Å². The predicted molar refractivity (Wildman–Crippen MR) is 77.4 cm³/mol. The molecule has 0 aliphatic carbocycles. The maximum atomic E-state index is 12.3. The third kappa shape index (κ3) is 3.14. The van der Waals surface area contributed by atoms with Gasteiger partial charge in [0, 0.05) is 25.5 Å². The van der Waals surface area contributed by atoms with Crippen LogP contribution in [-0.4, -0.2) is 46.9 Å². The van der Waals surface area contributed by atoms with Crippen LogP contribution in [0.3, 0.4) is 0 Å². The average molecular weight is 311 g/mol. The Morgan fingerprint density at radius 2 is 2.05 bits per heavy atom. The zero-order valence-corrected chi connectivity index (χ0v) is 12.6. The summed E-state index contributed by atoms with van der Waals surface area (Å²) in [4.78, 5) is 14.7. The van der Waals surface area contributed by atoms with Gasteiger partial charge >= 0.3 is 0 Å². The molecule has 0 aromatic carbocycles. The number of hydrogen-bond acceptors (Lipinski definition) is 4. The van der Waals surface area contributed by atoms with E-state index < -0.39 is 15.9 Å². The maximum absolute atomic E-state index is 12.3. The zero-order chi connectivity index (χ0) is 15.5. The third-order valence-electron chi connectivity index (χ3n) is 3.00. The van der Waals surface area contributed by atoms with Crippen molar-refractivity contribution in [3.05, 3.63) is 30.4 Å². The molecule has 0 aliphatic heterocycles. The molecule has 114 valence electrons. The third-order valence-corrected chi connectivity index (χ3v) is 5.03. The van der Waals surface area contributed by atoms with Gasteiger partial charge in [0.2, 0.25) is 10.0 Å². The predicted octanol–water partition coefficient (Wildman–Crippen LogP) is 1.02. The van der Waals surface area contributed by atoms with Gasteiger partial charge in [-0.15, -0.1) is 0 Å². The molecule has 21 heavy (non-hydrogen) atoms. The van der Waals surface area contributed by atoms with E-state index in [1.54, 1.807) is 13.8 Å². The van der Waals surface area contributed by atoms with Crippen molar-refractivity contribution in [1.29, 1.82) is 0 Å². The number of H-pyrrole nitrogens is 2. The molecular formula is C12H17N5O3S. The second-order valence-corrected chi connectivity index (χ2v) is 6.22. The van der Waals surface area contributed by atoms with Crippen molar-refractivity contribution in [1.82, 2.24) is 19.5 Å². The van der Waals surface area contributed by atoms with E-state index in [1.165, 1.54) is 29.0 Å². The lowest BCUT2D eigenvalue weighted by Gasteiger charge is -2.16. The van der Waals surface area contributed by atoms with Crippen LogP contribution in [0.15, 0.2) is 29.6 Å². The van der Waals surface area contributed by atoms with Crippen molar-refractivity contribution in [2.45, 2.75) is 18.7 Å². The van der Waals surface area contributed by atoms with Gasteiger partial charge in [-0.05, 0) is 6.07 Å². The minimum atomic E-state index is -3.57. The Labute approximate surface area is 122 Å². The van der Waals surface area contributed by atoms with Crippen molar-refractivity contribution in [2.24, 2.45) is 0 Å². The molecule has 2 aromatic heterocycles. The van der Waals surface area contributed by atoms with Crippen LogP contribution in [0.4, 0.5) is 5.69 Å². The first-order chi connectivity index (χ1) is 9.98. The van der Waals surface area contributed by atoms with Crippen molar-refractivity contribution >= 4 is 21.6 Å². The van der Waals surface area contributed by atoms with E-state index in [2.05, 4.69) is 20.5 Å². The van der Waals surface area contributed by atoms with E-state index in [9.17, 15) is 13.2 Å². The molecule has 0 unspecified atom stereocenters. The van der Waals surface area contributed by atoms with E-state index in [4.69, 9.17) is 0 Å². The molecule has 0 atom stereocenters. The smallest absolute Gasteiger partial charge is 0.272 e. The molecule has 8 nitrogen and oxygen atoms in total. The first kappa shape index (κ1) is 15.3. The summed E-state index contributed by atoms with van der Waals surface area (Å²) in [6.07, 6.45) is 4.29. The van der Waals surface area contributed by atoms with Gasteiger partial charge in [-0.1, -0.05) is 13.8 Å². The standard InChI is InChI=1S/C12H17N5O3S/c1-3-17(4-2)21(19,20)10-5-11(13-8-10)12(18)16-9-6-14-15-7-9/h5-8,13H,3-4H2,1-2H3,(H,14,15)(H,16,18). The molecule has 2 aromatic rings. The summed E-state index contributed by atoms with van der Waals surface area (Å²) in [5.41, 5.74) is 0.671. The lowest BCUT2D eigenvalue weighted by molar-refractivity contribution is 0.102. The van der Waals surface area contributed by atoms with E-state index >= 15 is 0 Å². The minimum absolute atomic E-state index is 0.0727. The largest absolute Gasteiger partial charge is 0.356 e.